The van der Waals surface area contributed by atoms with E-state index in [4.69, 9.17) is 4.74 Å². The highest BCUT2D eigenvalue weighted by molar-refractivity contribution is 7.16. The highest BCUT2D eigenvalue weighted by Gasteiger charge is 2.30. The number of likely N-dealkylation sites (N-methyl/N-ethyl adjacent to an activating group) is 1. The Kier molecular flexibility index (Phi) is 6.98. The third-order valence-electron chi connectivity index (χ3n) is 4.85. The summed E-state index contributed by atoms with van der Waals surface area (Å²) in [4.78, 5) is 45.2. The van der Waals surface area contributed by atoms with Crippen molar-refractivity contribution in [2.75, 3.05) is 33.3 Å². The van der Waals surface area contributed by atoms with Crippen LogP contribution < -0.4 is 0 Å². The quantitative estimate of drug-likeness (QED) is 0.678. The van der Waals surface area contributed by atoms with Crippen LogP contribution in [-0.2, 0) is 14.3 Å². The Morgan fingerprint density at radius 2 is 2.03 bits per heavy atom. The largest absolute Gasteiger partial charge is 0.466 e. The molecular weight excluding hydrogens is 390 g/mol. The van der Waals surface area contributed by atoms with E-state index in [1.807, 2.05) is 30.3 Å². The van der Waals surface area contributed by atoms with Crippen LogP contribution in [0.5, 0.6) is 0 Å². The molecule has 1 aliphatic rings. The van der Waals surface area contributed by atoms with Crippen LogP contribution in [0.1, 0.15) is 29.4 Å². The average molecular weight is 416 g/mol. The van der Waals surface area contributed by atoms with Gasteiger partial charge in [-0.25, -0.2) is 4.98 Å². The van der Waals surface area contributed by atoms with Crippen molar-refractivity contribution in [3.8, 4) is 10.6 Å². The smallest absolute Gasteiger partial charge is 0.310 e. The highest BCUT2D eigenvalue weighted by atomic mass is 32.1. The topological polar surface area (TPSA) is 79.8 Å². The van der Waals surface area contributed by atoms with Crippen LogP contribution in [0.2, 0.25) is 0 Å². The predicted molar refractivity (Wildman–Crippen MR) is 110 cm³/mol. The molecule has 7 nitrogen and oxygen atoms in total. The fourth-order valence-corrected chi connectivity index (χ4v) is 4.22. The Morgan fingerprint density at radius 1 is 1.28 bits per heavy atom. The summed E-state index contributed by atoms with van der Waals surface area (Å²) < 4.78 is 5.08. The van der Waals surface area contributed by atoms with Crippen LogP contribution >= 0.6 is 11.3 Å². The van der Waals surface area contributed by atoms with Gasteiger partial charge in [0.15, 0.2) is 0 Å². The van der Waals surface area contributed by atoms with E-state index >= 15 is 0 Å². The van der Waals surface area contributed by atoms with Gasteiger partial charge in [-0.2, -0.15) is 0 Å². The summed E-state index contributed by atoms with van der Waals surface area (Å²) in [5.74, 6) is -0.948. The molecule has 1 unspecified atom stereocenters. The number of aromatic nitrogens is 1. The monoisotopic (exact) mass is 415 g/mol. The molecule has 2 aromatic rings. The first-order valence-electron chi connectivity index (χ1n) is 9.70. The van der Waals surface area contributed by atoms with E-state index in [2.05, 4.69) is 4.98 Å². The molecular formula is C21H25N3O4S. The van der Waals surface area contributed by atoms with Gasteiger partial charge in [-0.1, -0.05) is 30.3 Å². The number of esters is 1. The van der Waals surface area contributed by atoms with Crippen LogP contribution in [0, 0.1) is 5.92 Å². The first-order chi connectivity index (χ1) is 14.0. The summed E-state index contributed by atoms with van der Waals surface area (Å²) in [5, 5.41) is 0.766. The number of hydrogen-bond donors (Lipinski definition) is 0. The van der Waals surface area contributed by atoms with E-state index in [0.717, 1.165) is 23.4 Å². The van der Waals surface area contributed by atoms with E-state index in [9.17, 15) is 14.4 Å². The van der Waals surface area contributed by atoms with Crippen molar-refractivity contribution in [2.24, 2.45) is 5.92 Å². The molecule has 0 bridgehead atoms. The minimum absolute atomic E-state index is 0.0348. The maximum absolute atomic E-state index is 12.7. The van der Waals surface area contributed by atoms with E-state index in [1.54, 1.807) is 25.1 Å². The zero-order chi connectivity index (χ0) is 20.8. The van der Waals surface area contributed by atoms with Crippen molar-refractivity contribution in [3.05, 3.63) is 41.4 Å². The lowest BCUT2D eigenvalue weighted by atomic mass is 9.98. The Bertz CT molecular complexity index is 868. The van der Waals surface area contributed by atoms with E-state index in [1.165, 1.54) is 16.2 Å². The molecule has 154 valence electrons. The molecule has 8 heteroatoms. The molecule has 0 radical (unpaired) electrons. The normalized spacial score (nSPS) is 16.3. The van der Waals surface area contributed by atoms with Gasteiger partial charge in [0.1, 0.15) is 9.88 Å². The summed E-state index contributed by atoms with van der Waals surface area (Å²) in [6.45, 7) is 3.01. The van der Waals surface area contributed by atoms with Crippen molar-refractivity contribution in [1.29, 1.82) is 0 Å². The number of carbonyl (C=O) groups is 3. The second-order valence-electron chi connectivity index (χ2n) is 6.99. The first kappa shape index (κ1) is 21.0. The fourth-order valence-electron chi connectivity index (χ4n) is 3.31. The number of ether oxygens (including phenoxy) is 1. The van der Waals surface area contributed by atoms with Crippen molar-refractivity contribution in [1.82, 2.24) is 14.8 Å². The van der Waals surface area contributed by atoms with Gasteiger partial charge in [-0.05, 0) is 19.8 Å². The second kappa shape index (κ2) is 9.65. The maximum atomic E-state index is 12.7. The number of amides is 2. The van der Waals surface area contributed by atoms with Crippen molar-refractivity contribution in [3.63, 3.8) is 0 Å². The van der Waals surface area contributed by atoms with Gasteiger partial charge >= 0.3 is 5.97 Å². The molecule has 1 aromatic heterocycles. The Hall–Kier alpha value is -2.74. The molecule has 2 heterocycles. The summed E-state index contributed by atoms with van der Waals surface area (Å²) in [5.41, 5.74) is 0.952. The van der Waals surface area contributed by atoms with Crippen LogP contribution in [0.4, 0.5) is 0 Å². The van der Waals surface area contributed by atoms with Crippen molar-refractivity contribution < 1.29 is 19.1 Å². The maximum Gasteiger partial charge on any atom is 0.310 e. The number of piperidine rings is 1. The lowest BCUT2D eigenvalue weighted by molar-refractivity contribution is -0.151. The van der Waals surface area contributed by atoms with Crippen LogP contribution in [0.15, 0.2) is 36.5 Å². The van der Waals surface area contributed by atoms with Crippen molar-refractivity contribution >= 4 is 29.1 Å². The van der Waals surface area contributed by atoms with Crippen LogP contribution in [0.3, 0.4) is 0 Å². The number of benzene rings is 1. The van der Waals surface area contributed by atoms with Crippen LogP contribution in [-0.4, -0.2) is 65.9 Å². The number of thiazole rings is 1. The number of likely N-dealkylation sites (tertiary alicyclic amines) is 1. The van der Waals surface area contributed by atoms with Gasteiger partial charge in [0.2, 0.25) is 5.91 Å². The van der Waals surface area contributed by atoms with Gasteiger partial charge in [-0.15, -0.1) is 11.3 Å². The lowest BCUT2D eigenvalue weighted by Crippen LogP contribution is -2.47. The molecule has 2 amide bonds. The fraction of sp³-hybridized carbons (Fsp3) is 0.429. The summed E-state index contributed by atoms with van der Waals surface area (Å²) in [7, 11) is 1.61. The molecule has 1 aromatic carbocycles. The van der Waals surface area contributed by atoms with Gasteiger partial charge in [0.05, 0.1) is 25.3 Å². The van der Waals surface area contributed by atoms with Gasteiger partial charge in [0.25, 0.3) is 5.91 Å². The molecule has 0 saturated carbocycles. The summed E-state index contributed by atoms with van der Waals surface area (Å²) in [6, 6.07) is 9.65. The zero-order valence-corrected chi connectivity index (χ0v) is 17.5. The number of rotatable bonds is 6. The SMILES string of the molecule is CCOC(=O)C1CCCN(C(=O)CN(C)C(=O)c2cnc(-c3ccccc3)s2)C1. The second-order valence-corrected chi connectivity index (χ2v) is 8.02. The summed E-state index contributed by atoms with van der Waals surface area (Å²) >= 11 is 1.31. The zero-order valence-electron chi connectivity index (χ0n) is 16.7. The molecule has 3 rings (SSSR count). The number of nitrogens with zero attached hydrogens (tertiary/aromatic N) is 3. The van der Waals surface area contributed by atoms with E-state index < -0.39 is 0 Å². The molecule has 0 spiro atoms. The Labute approximate surface area is 174 Å². The Morgan fingerprint density at radius 3 is 2.76 bits per heavy atom. The summed E-state index contributed by atoms with van der Waals surface area (Å²) in [6.07, 6.45) is 3.02. The molecule has 0 N–H and O–H groups in total. The van der Waals surface area contributed by atoms with Gasteiger partial charge < -0.3 is 14.5 Å². The van der Waals surface area contributed by atoms with Crippen LogP contribution in [0.25, 0.3) is 10.6 Å². The van der Waals surface area contributed by atoms with Gasteiger partial charge in [0, 0.05) is 25.7 Å². The average Bonchev–Trinajstić information content (AvgIpc) is 3.24. The molecule has 1 saturated heterocycles. The number of hydrogen-bond acceptors (Lipinski definition) is 6. The highest BCUT2D eigenvalue weighted by Crippen LogP contribution is 2.25. The van der Waals surface area contributed by atoms with Gasteiger partial charge in [-0.3, -0.25) is 14.4 Å². The first-order valence-corrected chi connectivity index (χ1v) is 10.5. The van der Waals surface area contributed by atoms with E-state index in [-0.39, 0.29) is 30.2 Å². The minimum Gasteiger partial charge on any atom is -0.466 e. The lowest BCUT2D eigenvalue weighted by Gasteiger charge is -2.32. The molecule has 0 aliphatic carbocycles. The standard InChI is InChI=1S/C21H25N3O4S/c1-3-28-21(27)16-10-7-11-24(13-16)18(25)14-23(2)20(26)17-12-22-19(29-17)15-8-5-4-6-9-15/h4-6,8-9,12,16H,3,7,10-11,13-14H2,1-2H3. The number of carbonyl (C=O) groups excluding carboxylic acids is 3. The molecule has 29 heavy (non-hydrogen) atoms. The third kappa shape index (κ3) is 5.20. The third-order valence-corrected chi connectivity index (χ3v) is 5.88. The Balaban J connectivity index is 1.59. The predicted octanol–water partition coefficient (Wildman–Crippen LogP) is 2.68. The van der Waals surface area contributed by atoms with E-state index in [0.29, 0.717) is 24.6 Å². The minimum atomic E-state index is -0.288. The molecule has 1 aliphatic heterocycles. The van der Waals surface area contributed by atoms with Crippen molar-refractivity contribution in [2.45, 2.75) is 19.8 Å². The molecule has 1 fully saturated rings. The molecule has 1 atom stereocenters.